The van der Waals surface area contributed by atoms with Gasteiger partial charge in [0.15, 0.2) is 0 Å². The van der Waals surface area contributed by atoms with Crippen LogP contribution in [0.1, 0.15) is 22.5 Å². The number of nitrogens with zero attached hydrogens (tertiary/aromatic N) is 3. The summed E-state index contributed by atoms with van der Waals surface area (Å²) in [6.45, 7) is 3.88. The molecule has 3 rings (SSSR count). The molecule has 0 atom stereocenters. The van der Waals surface area contributed by atoms with E-state index in [4.69, 9.17) is 0 Å². The number of nitro groups is 1. The minimum atomic E-state index is -0.510. The molecule has 1 aromatic heterocycles. The number of nitro benzene ring substituents is 1. The highest BCUT2D eigenvalue weighted by molar-refractivity contribution is 5.85. The maximum absolute atomic E-state index is 12.1. The van der Waals surface area contributed by atoms with Crippen molar-refractivity contribution < 1.29 is 14.8 Å². The van der Waals surface area contributed by atoms with Gasteiger partial charge in [0, 0.05) is 34.3 Å². The van der Waals surface area contributed by atoms with E-state index in [0.717, 1.165) is 22.6 Å². The van der Waals surface area contributed by atoms with Gasteiger partial charge in [-0.05, 0) is 44.2 Å². The SMILES string of the molecule is Cc1cc(/C=N/NC(=O)Cc2ccccc2[N+](=O)[O-])c(C)n1-c1ccc(O)cc1. The quantitative estimate of drug-likeness (QED) is 0.380. The van der Waals surface area contributed by atoms with E-state index >= 15 is 0 Å². The van der Waals surface area contributed by atoms with Gasteiger partial charge in [-0.3, -0.25) is 14.9 Å². The Balaban J connectivity index is 1.71. The average molecular weight is 392 g/mol. The molecule has 0 saturated heterocycles. The number of aromatic nitrogens is 1. The van der Waals surface area contributed by atoms with Crippen LogP contribution in [0, 0.1) is 24.0 Å². The summed E-state index contributed by atoms with van der Waals surface area (Å²) in [5.41, 5.74) is 6.27. The van der Waals surface area contributed by atoms with E-state index in [1.54, 1.807) is 30.3 Å². The molecular formula is C21H20N4O4. The molecule has 1 heterocycles. The third kappa shape index (κ3) is 4.49. The Hall–Kier alpha value is -3.94. The number of phenols is 1. The smallest absolute Gasteiger partial charge is 0.273 e. The van der Waals surface area contributed by atoms with Crippen LogP contribution in [0.2, 0.25) is 0 Å². The third-order valence-electron chi connectivity index (χ3n) is 4.51. The molecule has 29 heavy (non-hydrogen) atoms. The Labute approximate surface area is 167 Å². The van der Waals surface area contributed by atoms with Crippen molar-refractivity contribution in [1.29, 1.82) is 0 Å². The Morgan fingerprint density at radius 3 is 2.59 bits per heavy atom. The number of carbonyl (C=O) groups is 1. The number of aromatic hydroxyl groups is 1. The molecule has 0 aliphatic heterocycles. The predicted octanol–water partition coefficient (Wildman–Crippen LogP) is 3.40. The standard InChI is InChI=1S/C21H20N4O4/c1-14-11-17(15(2)24(14)18-7-9-19(26)10-8-18)13-22-23-21(27)12-16-5-3-4-6-20(16)25(28)29/h3-11,13,26H,12H2,1-2H3,(H,23,27)/b22-13+. The van der Waals surface area contributed by atoms with Crippen LogP contribution in [0.4, 0.5) is 5.69 Å². The number of hydrogen-bond acceptors (Lipinski definition) is 5. The number of phenolic OH excluding ortho intramolecular Hbond substituents is 1. The summed E-state index contributed by atoms with van der Waals surface area (Å²) >= 11 is 0. The molecule has 8 heteroatoms. The van der Waals surface area contributed by atoms with Gasteiger partial charge in [0.25, 0.3) is 5.69 Å². The fourth-order valence-corrected chi connectivity index (χ4v) is 3.14. The Morgan fingerprint density at radius 2 is 1.90 bits per heavy atom. The fourth-order valence-electron chi connectivity index (χ4n) is 3.14. The topological polar surface area (TPSA) is 110 Å². The Morgan fingerprint density at radius 1 is 1.21 bits per heavy atom. The maximum atomic E-state index is 12.1. The molecule has 0 aliphatic rings. The summed E-state index contributed by atoms with van der Waals surface area (Å²) in [5, 5.41) is 24.5. The van der Waals surface area contributed by atoms with Gasteiger partial charge in [0.05, 0.1) is 17.6 Å². The van der Waals surface area contributed by atoms with Crippen molar-refractivity contribution in [2.24, 2.45) is 5.10 Å². The Bertz CT molecular complexity index is 1080. The summed E-state index contributed by atoms with van der Waals surface area (Å²) in [6.07, 6.45) is 1.40. The fraction of sp³-hybridized carbons (Fsp3) is 0.143. The number of aryl methyl sites for hydroxylation is 1. The summed E-state index contributed by atoms with van der Waals surface area (Å²) < 4.78 is 2.01. The van der Waals surface area contributed by atoms with Crippen molar-refractivity contribution in [3.05, 3.63) is 87.2 Å². The second-order valence-electron chi connectivity index (χ2n) is 6.53. The van der Waals surface area contributed by atoms with E-state index in [1.807, 2.05) is 36.6 Å². The molecule has 2 N–H and O–H groups in total. The van der Waals surface area contributed by atoms with Crippen molar-refractivity contribution >= 4 is 17.8 Å². The monoisotopic (exact) mass is 392 g/mol. The highest BCUT2D eigenvalue weighted by Crippen LogP contribution is 2.21. The molecule has 0 unspecified atom stereocenters. The van der Waals surface area contributed by atoms with E-state index in [-0.39, 0.29) is 17.9 Å². The van der Waals surface area contributed by atoms with Crippen molar-refractivity contribution in [2.45, 2.75) is 20.3 Å². The first kappa shape index (κ1) is 19.8. The molecule has 0 aliphatic carbocycles. The molecule has 2 aromatic carbocycles. The number of rotatable bonds is 6. The van der Waals surface area contributed by atoms with Crippen LogP contribution in [0.3, 0.4) is 0 Å². The van der Waals surface area contributed by atoms with Crippen molar-refractivity contribution in [3.8, 4) is 11.4 Å². The summed E-state index contributed by atoms with van der Waals surface area (Å²) in [7, 11) is 0. The first-order valence-corrected chi connectivity index (χ1v) is 8.89. The lowest BCUT2D eigenvalue weighted by Crippen LogP contribution is -2.20. The number of carbonyl (C=O) groups excluding carboxylic acids is 1. The summed E-state index contributed by atoms with van der Waals surface area (Å²) in [5.74, 6) is -0.248. The number of benzene rings is 2. The van der Waals surface area contributed by atoms with Crippen LogP contribution in [0.25, 0.3) is 5.69 Å². The van der Waals surface area contributed by atoms with Gasteiger partial charge in [0.1, 0.15) is 5.75 Å². The zero-order valence-corrected chi connectivity index (χ0v) is 16.0. The molecule has 0 radical (unpaired) electrons. The largest absolute Gasteiger partial charge is 0.508 e. The van der Waals surface area contributed by atoms with Crippen molar-refractivity contribution in [3.63, 3.8) is 0 Å². The van der Waals surface area contributed by atoms with Crippen LogP contribution in [-0.2, 0) is 11.2 Å². The highest BCUT2D eigenvalue weighted by Gasteiger charge is 2.15. The number of nitrogens with one attached hydrogen (secondary N) is 1. The number of amides is 1. The lowest BCUT2D eigenvalue weighted by atomic mass is 10.1. The van der Waals surface area contributed by atoms with Crippen molar-refractivity contribution in [1.82, 2.24) is 9.99 Å². The molecular weight excluding hydrogens is 372 g/mol. The summed E-state index contributed by atoms with van der Waals surface area (Å²) in [6, 6.07) is 14.9. The zero-order chi connectivity index (χ0) is 21.0. The third-order valence-corrected chi connectivity index (χ3v) is 4.51. The number of hydrogen-bond donors (Lipinski definition) is 2. The van der Waals surface area contributed by atoms with Crippen LogP contribution < -0.4 is 5.43 Å². The van der Waals surface area contributed by atoms with Crippen LogP contribution in [0.5, 0.6) is 5.75 Å². The lowest BCUT2D eigenvalue weighted by molar-refractivity contribution is -0.385. The van der Waals surface area contributed by atoms with Gasteiger partial charge in [-0.2, -0.15) is 5.10 Å². The minimum absolute atomic E-state index is 0.0935. The van der Waals surface area contributed by atoms with Gasteiger partial charge in [-0.25, -0.2) is 5.43 Å². The van der Waals surface area contributed by atoms with Gasteiger partial charge >= 0.3 is 0 Å². The van der Waals surface area contributed by atoms with Crippen molar-refractivity contribution in [2.75, 3.05) is 0 Å². The highest BCUT2D eigenvalue weighted by atomic mass is 16.6. The summed E-state index contributed by atoms with van der Waals surface area (Å²) in [4.78, 5) is 22.6. The molecule has 1 amide bonds. The van der Waals surface area contributed by atoms with E-state index in [9.17, 15) is 20.0 Å². The number of hydrazone groups is 1. The molecule has 8 nitrogen and oxygen atoms in total. The van der Waals surface area contributed by atoms with E-state index in [2.05, 4.69) is 10.5 Å². The molecule has 0 bridgehead atoms. The van der Waals surface area contributed by atoms with Gasteiger partial charge in [-0.15, -0.1) is 0 Å². The molecule has 0 fully saturated rings. The second-order valence-corrected chi connectivity index (χ2v) is 6.53. The number of para-hydroxylation sites is 1. The zero-order valence-electron chi connectivity index (χ0n) is 16.0. The van der Waals surface area contributed by atoms with Gasteiger partial charge < -0.3 is 9.67 Å². The van der Waals surface area contributed by atoms with Gasteiger partial charge in [-0.1, -0.05) is 18.2 Å². The average Bonchev–Trinajstić information content (AvgIpc) is 2.96. The predicted molar refractivity (Wildman–Crippen MR) is 109 cm³/mol. The molecule has 3 aromatic rings. The first-order chi connectivity index (χ1) is 13.9. The second kappa shape index (κ2) is 8.39. The van der Waals surface area contributed by atoms with Gasteiger partial charge in [0.2, 0.25) is 5.91 Å². The molecule has 0 spiro atoms. The normalized spacial score (nSPS) is 11.0. The first-order valence-electron chi connectivity index (χ1n) is 8.89. The minimum Gasteiger partial charge on any atom is -0.508 e. The van der Waals surface area contributed by atoms with E-state index in [1.165, 1.54) is 12.3 Å². The van der Waals surface area contributed by atoms with E-state index in [0.29, 0.717) is 5.56 Å². The molecule has 0 saturated carbocycles. The Kier molecular flexibility index (Phi) is 5.73. The van der Waals surface area contributed by atoms with Crippen LogP contribution in [-0.4, -0.2) is 26.7 Å². The van der Waals surface area contributed by atoms with E-state index < -0.39 is 10.8 Å². The lowest BCUT2D eigenvalue weighted by Gasteiger charge is -2.09. The van der Waals surface area contributed by atoms with Crippen LogP contribution in [0.15, 0.2) is 59.7 Å². The van der Waals surface area contributed by atoms with Crippen LogP contribution >= 0.6 is 0 Å². The molecule has 148 valence electrons. The maximum Gasteiger partial charge on any atom is 0.273 e.